The minimum atomic E-state index is -0.945. The SMILES string of the molecule is CCc1cn(Cc2ccc(-c3ccccc3-c3nnn[nH]3)cc2)n2nc(CC(=O)O)nc12. The monoisotopic (exact) mass is 428 g/mol. The van der Waals surface area contributed by atoms with E-state index < -0.39 is 5.97 Å². The van der Waals surface area contributed by atoms with Gasteiger partial charge in [0, 0.05) is 17.3 Å². The zero-order valence-corrected chi connectivity index (χ0v) is 17.3. The fraction of sp³-hybridized carbons (Fsp3) is 0.182. The number of aromatic nitrogens is 8. The topological polar surface area (TPSA) is 127 Å². The summed E-state index contributed by atoms with van der Waals surface area (Å²) in [4.78, 5) is 15.4. The second-order valence-corrected chi connectivity index (χ2v) is 7.41. The number of rotatable bonds is 7. The third-order valence-electron chi connectivity index (χ3n) is 5.30. The molecule has 0 aliphatic heterocycles. The Balaban J connectivity index is 1.44. The molecule has 0 aliphatic carbocycles. The molecular formula is C22H20N8O2. The Labute approximate surface area is 182 Å². The summed E-state index contributed by atoms with van der Waals surface area (Å²) in [6.45, 7) is 2.63. The number of H-pyrrole nitrogens is 1. The van der Waals surface area contributed by atoms with E-state index in [1.165, 1.54) is 0 Å². The highest BCUT2D eigenvalue weighted by atomic mass is 16.4. The molecule has 2 N–H and O–H groups in total. The van der Waals surface area contributed by atoms with Gasteiger partial charge in [0.25, 0.3) is 0 Å². The predicted molar refractivity (Wildman–Crippen MR) is 116 cm³/mol. The summed E-state index contributed by atoms with van der Waals surface area (Å²) < 4.78 is 3.65. The number of aryl methyl sites for hydroxylation is 1. The Hall–Kier alpha value is -4.34. The number of carboxylic acids is 1. The maximum absolute atomic E-state index is 11.0. The Morgan fingerprint density at radius 1 is 1.09 bits per heavy atom. The second-order valence-electron chi connectivity index (χ2n) is 7.41. The molecule has 0 amide bonds. The average molecular weight is 428 g/mol. The van der Waals surface area contributed by atoms with E-state index in [0.29, 0.717) is 23.8 Å². The number of carbonyl (C=O) groups is 1. The van der Waals surface area contributed by atoms with E-state index in [1.807, 2.05) is 42.1 Å². The largest absolute Gasteiger partial charge is 0.481 e. The van der Waals surface area contributed by atoms with E-state index in [2.05, 4.69) is 55.0 Å². The fourth-order valence-corrected chi connectivity index (χ4v) is 3.78. The molecule has 3 heterocycles. The third-order valence-corrected chi connectivity index (χ3v) is 5.30. The molecule has 2 aromatic carbocycles. The highest BCUT2D eigenvalue weighted by Crippen LogP contribution is 2.29. The van der Waals surface area contributed by atoms with Crippen molar-refractivity contribution >= 4 is 11.6 Å². The van der Waals surface area contributed by atoms with Crippen molar-refractivity contribution in [3.05, 3.63) is 71.7 Å². The maximum atomic E-state index is 11.0. The lowest BCUT2D eigenvalue weighted by atomic mass is 9.98. The molecule has 0 spiro atoms. The number of aromatic amines is 1. The Kier molecular flexibility index (Phi) is 4.94. The van der Waals surface area contributed by atoms with Crippen molar-refractivity contribution in [2.75, 3.05) is 0 Å². The van der Waals surface area contributed by atoms with Crippen molar-refractivity contribution in [2.24, 2.45) is 0 Å². The molecular weight excluding hydrogens is 408 g/mol. The molecule has 160 valence electrons. The van der Waals surface area contributed by atoms with E-state index in [0.717, 1.165) is 34.2 Å². The zero-order chi connectivity index (χ0) is 22.1. The highest BCUT2D eigenvalue weighted by molar-refractivity contribution is 5.80. The predicted octanol–water partition coefficient (Wildman–Crippen LogP) is 2.62. The summed E-state index contributed by atoms with van der Waals surface area (Å²) in [5.74, 6) is -0.0138. The molecule has 0 saturated heterocycles. The normalized spacial score (nSPS) is 11.3. The van der Waals surface area contributed by atoms with Crippen LogP contribution in [0, 0.1) is 0 Å². The number of fused-ring (bicyclic) bond motifs is 1. The summed E-state index contributed by atoms with van der Waals surface area (Å²) in [6.07, 6.45) is 2.60. The number of aliphatic carboxylic acids is 1. The Morgan fingerprint density at radius 2 is 1.88 bits per heavy atom. The second kappa shape index (κ2) is 8.06. The number of tetrazole rings is 1. The molecule has 5 aromatic rings. The minimum Gasteiger partial charge on any atom is -0.481 e. The smallest absolute Gasteiger partial charge is 0.311 e. The van der Waals surface area contributed by atoms with Crippen LogP contribution in [0.2, 0.25) is 0 Å². The first-order chi connectivity index (χ1) is 15.6. The van der Waals surface area contributed by atoms with Gasteiger partial charge in [-0.3, -0.25) is 9.48 Å². The highest BCUT2D eigenvalue weighted by Gasteiger charge is 2.15. The molecule has 32 heavy (non-hydrogen) atoms. The van der Waals surface area contributed by atoms with Crippen LogP contribution in [0.1, 0.15) is 23.9 Å². The summed E-state index contributed by atoms with van der Waals surface area (Å²) in [5, 5.41) is 27.6. The van der Waals surface area contributed by atoms with Gasteiger partial charge in [-0.25, -0.2) is 10.1 Å². The maximum Gasteiger partial charge on any atom is 0.311 e. The molecule has 0 unspecified atom stereocenters. The van der Waals surface area contributed by atoms with Crippen molar-refractivity contribution in [3.8, 4) is 22.5 Å². The molecule has 3 aromatic heterocycles. The van der Waals surface area contributed by atoms with E-state index in [-0.39, 0.29) is 6.42 Å². The first-order valence-corrected chi connectivity index (χ1v) is 10.2. The number of hydrogen-bond acceptors (Lipinski definition) is 6. The van der Waals surface area contributed by atoms with Gasteiger partial charge in [0.2, 0.25) is 0 Å². The molecule has 0 saturated carbocycles. The molecule has 0 atom stereocenters. The molecule has 0 fully saturated rings. The quantitative estimate of drug-likeness (QED) is 0.408. The fourth-order valence-electron chi connectivity index (χ4n) is 3.78. The van der Waals surface area contributed by atoms with Gasteiger partial charge in [0.15, 0.2) is 17.3 Å². The third kappa shape index (κ3) is 3.62. The van der Waals surface area contributed by atoms with Crippen molar-refractivity contribution in [1.82, 2.24) is 40.0 Å². The number of hydrogen-bond donors (Lipinski definition) is 2. The standard InChI is InChI=1S/C22H20N8O2/c1-2-15-13-29(30-22(15)23-19(26-30)11-20(31)32)12-14-7-9-16(10-8-14)17-5-3-4-6-18(17)21-24-27-28-25-21/h3-10,13H,2,11-12H2,1H3,(H,31,32)(H,24,25,27,28). The van der Waals surface area contributed by atoms with Gasteiger partial charge in [-0.1, -0.05) is 55.5 Å². The van der Waals surface area contributed by atoms with Crippen LogP contribution in [-0.2, 0) is 24.2 Å². The van der Waals surface area contributed by atoms with Crippen molar-refractivity contribution in [1.29, 1.82) is 0 Å². The van der Waals surface area contributed by atoms with E-state index in [4.69, 9.17) is 5.11 Å². The summed E-state index contributed by atoms with van der Waals surface area (Å²) >= 11 is 0. The number of carboxylic acid groups (broad SMARTS) is 1. The summed E-state index contributed by atoms with van der Waals surface area (Å²) in [7, 11) is 0. The van der Waals surface area contributed by atoms with Crippen LogP contribution in [0.25, 0.3) is 28.2 Å². The molecule has 0 bridgehead atoms. The van der Waals surface area contributed by atoms with Gasteiger partial charge < -0.3 is 5.11 Å². The minimum absolute atomic E-state index is 0.195. The molecule has 0 aliphatic rings. The first kappa shape index (κ1) is 19.6. The van der Waals surface area contributed by atoms with Crippen molar-refractivity contribution in [3.63, 3.8) is 0 Å². The Bertz CT molecular complexity index is 1380. The number of nitrogens with one attached hydrogen (secondary N) is 1. The molecule has 10 heteroatoms. The van der Waals surface area contributed by atoms with Gasteiger partial charge >= 0.3 is 5.97 Å². The Morgan fingerprint density at radius 3 is 2.56 bits per heavy atom. The number of benzene rings is 2. The van der Waals surface area contributed by atoms with Gasteiger partial charge in [0.05, 0.1) is 6.54 Å². The van der Waals surface area contributed by atoms with Crippen LogP contribution in [0.4, 0.5) is 0 Å². The molecule has 10 nitrogen and oxygen atoms in total. The van der Waals surface area contributed by atoms with Gasteiger partial charge in [0.1, 0.15) is 6.42 Å². The number of nitrogens with zero attached hydrogens (tertiary/aromatic N) is 7. The van der Waals surface area contributed by atoms with Crippen LogP contribution >= 0.6 is 0 Å². The van der Waals surface area contributed by atoms with Gasteiger partial charge in [-0.15, -0.1) is 10.2 Å². The van der Waals surface area contributed by atoms with Crippen molar-refractivity contribution in [2.45, 2.75) is 26.3 Å². The van der Waals surface area contributed by atoms with E-state index >= 15 is 0 Å². The molecule has 5 rings (SSSR count). The summed E-state index contributed by atoms with van der Waals surface area (Å²) in [6, 6.07) is 16.2. The van der Waals surface area contributed by atoms with E-state index in [1.54, 1.807) is 4.63 Å². The zero-order valence-electron chi connectivity index (χ0n) is 17.3. The van der Waals surface area contributed by atoms with Crippen LogP contribution in [0.15, 0.2) is 54.7 Å². The van der Waals surface area contributed by atoms with Crippen molar-refractivity contribution < 1.29 is 9.90 Å². The van der Waals surface area contributed by atoms with Crippen LogP contribution < -0.4 is 0 Å². The summed E-state index contributed by atoms with van der Waals surface area (Å²) in [5.41, 5.74) is 5.83. The van der Waals surface area contributed by atoms with Crippen LogP contribution in [-0.4, -0.2) is 51.1 Å². The first-order valence-electron chi connectivity index (χ1n) is 10.2. The van der Waals surface area contributed by atoms with Crippen LogP contribution in [0.3, 0.4) is 0 Å². The lowest BCUT2D eigenvalue weighted by Gasteiger charge is -2.09. The van der Waals surface area contributed by atoms with E-state index in [9.17, 15) is 4.79 Å². The lowest BCUT2D eigenvalue weighted by molar-refractivity contribution is -0.136. The van der Waals surface area contributed by atoms with Gasteiger partial charge in [-0.05, 0) is 33.5 Å². The van der Waals surface area contributed by atoms with Crippen LogP contribution in [0.5, 0.6) is 0 Å². The van der Waals surface area contributed by atoms with Gasteiger partial charge in [-0.2, -0.15) is 4.63 Å². The average Bonchev–Trinajstić information content (AvgIpc) is 3.52. The lowest BCUT2D eigenvalue weighted by Crippen LogP contribution is -2.08. The molecule has 0 radical (unpaired) electrons.